The van der Waals surface area contributed by atoms with Crippen molar-refractivity contribution in [3.63, 3.8) is 0 Å². The van der Waals surface area contributed by atoms with Crippen LogP contribution in [0.5, 0.6) is 0 Å². The Hall–Kier alpha value is -0.980. The van der Waals surface area contributed by atoms with Gasteiger partial charge in [0.2, 0.25) is 0 Å². The molecule has 0 fully saturated rings. The van der Waals surface area contributed by atoms with E-state index in [1.807, 2.05) is 23.9 Å². The van der Waals surface area contributed by atoms with Crippen LogP contribution in [-0.4, -0.2) is 30.0 Å². The van der Waals surface area contributed by atoms with Crippen molar-refractivity contribution >= 4 is 18.9 Å². The van der Waals surface area contributed by atoms with Gasteiger partial charge in [0.25, 0.3) is 0 Å². The van der Waals surface area contributed by atoms with E-state index >= 15 is 0 Å². The second kappa shape index (κ2) is 11.6. The maximum Gasteiger partial charge on any atom is 0.0892 e. The van der Waals surface area contributed by atoms with Crippen LogP contribution in [0.4, 0.5) is 0 Å². The van der Waals surface area contributed by atoms with Gasteiger partial charge in [-0.25, -0.2) is 0 Å². The number of unbranched alkanes of at least 4 members (excludes halogenated alkanes) is 1. The Balaban J connectivity index is 1.90. The molecule has 2 aromatic carbocycles. The minimum absolute atomic E-state index is 0.845. The predicted octanol–water partition coefficient (Wildman–Crippen LogP) is 6.37. The number of rotatable bonds is 12. The quantitative estimate of drug-likeness (QED) is 0.317. The molecule has 0 saturated heterocycles. The molecule has 0 unspecified atom stereocenters. The lowest BCUT2D eigenvalue weighted by Gasteiger charge is -2.18. The van der Waals surface area contributed by atoms with Gasteiger partial charge in [-0.15, -0.1) is 0 Å². The van der Waals surface area contributed by atoms with Crippen LogP contribution in [0.2, 0.25) is 0 Å². The molecule has 0 N–H and O–H groups in total. The van der Waals surface area contributed by atoms with Crippen molar-refractivity contribution in [1.29, 1.82) is 0 Å². The van der Waals surface area contributed by atoms with Crippen molar-refractivity contribution in [2.45, 2.75) is 32.6 Å². The molecule has 136 valence electrons. The molecule has 3 heteroatoms. The zero-order valence-electron chi connectivity index (χ0n) is 15.4. The highest BCUT2D eigenvalue weighted by molar-refractivity contribution is 7.99. The monoisotopic (exact) mass is 374 g/mol. The molecular formula is C22H31OPS. The first-order valence-electron chi connectivity index (χ1n) is 9.44. The van der Waals surface area contributed by atoms with Crippen molar-refractivity contribution in [2.75, 3.05) is 30.0 Å². The standard InChI is InChI=1S/C22H31OPS/c1-2-3-19-25-20-18-24(23,16-14-21-10-6-4-7-11-21)17-15-22-12-8-5-9-13-22/h4-13H,2-3,14-20H2,1H3. The van der Waals surface area contributed by atoms with Crippen LogP contribution in [0, 0.1) is 0 Å². The van der Waals surface area contributed by atoms with Gasteiger partial charge in [0.05, 0.1) is 7.14 Å². The first-order chi connectivity index (χ1) is 12.2. The van der Waals surface area contributed by atoms with Crippen LogP contribution in [0.3, 0.4) is 0 Å². The Morgan fingerprint density at radius 2 is 1.28 bits per heavy atom. The predicted molar refractivity (Wildman–Crippen MR) is 115 cm³/mol. The minimum Gasteiger partial charge on any atom is -0.324 e. The molecule has 2 rings (SSSR count). The summed E-state index contributed by atoms with van der Waals surface area (Å²) in [5.74, 6) is 2.24. The second-order valence-corrected chi connectivity index (χ2v) is 11.3. The van der Waals surface area contributed by atoms with E-state index in [0.717, 1.165) is 37.1 Å². The number of benzene rings is 2. The Kier molecular flexibility index (Phi) is 9.43. The molecule has 1 nitrogen and oxygen atoms in total. The fraction of sp³-hybridized carbons (Fsp3) is 0.455. The molecule has 25 heavy (non-hydrogen) atoms. The Morgan fingerprint density at radius 1 is 0.760 bits per heavy atom. The van der Waals surface area contributed by atoms with Gasteiger partial charge < -0.3 is 4.57 Å². The second-order valence-electron chi connectivity index (χ2n) is 6.67. The molecule has 2 aromatic rings. The Morgan fingerprint density at radius 3 is 1.76 bits per heavy atom. The van der Waals surface area contributed by atoms with E-state index in [0.29, 0.717) is 0 Å². The van der Waals surface area contributed by atoms with E-state index in [1.54, 1.807) is 0 Å². The topological polar surface area (TPSA) is 17.1 Å². The van der Waals surface area contributed by atoms with Crippen LogP contribution in [-0.2, 0) is 17.4 Å². The molecular weight excluding hydrogens is 343 g/mol. The van der Waals surface area contributed by atoms with Crippen molar-refractivity contribution in [3.05, 3.63) is 71.8 Å². The maximum atomic E-state index is 13.6. The fourth-order valence-corrected chi connectivity index (χ4v) is 7.42. The average molecular weight is 375 g/mol. The summed E-state index contributed by atoms with van der Waals surface area (Å²) in [5, 5.41) is 0. The van der Waals surface area contributed by atoms with Gasteiger partial charge in [-0.2, -0.15) is 11.8 Å². The zero-order chi connectivity index (χ0) is 17.8. The molecule has 0 atom stereocenters. The van der Waals surface area contributed by atoms with Crippen LogP contribution < -0.4 is 0 Å². The molecule has 0 aliphatic heterocycles. The van der Waals surface area contributed by atoms with Gasteiger partial charge in [0.1, 0.15) is 0 Å². The molecule has 0 aliphatic rings. The molecule has 0 aromatic heterocycles. The minimum atomic E-state index is -2.12. The highest BCUT2D eigenvalue weighted by Crippen LogP contribution is 2.47. The largest absolute Gasteiger partial charge is 0.324 e. The maximum absolute atomic E-state index is 13.6. The van der Waals surface area contributed by atoms with Crippen molar-refractivity contribution < 1.29 is 4.57 Å². The van der Waals surface area contributed by atoms with Crippen molar-refractivity contribution in [2.24, 2.45) is 0 Å². The Labute approximate surface area is 158 Å². The third-order valence-electron chi connectivity index (χ3n) is 4.59. The molecule has 0 saturated carbocycles. The number of thioether (sulfide) groups is 1. The summed E-state index contributed by atoms with van der Waals surface area (Å²) in [6.45, 7) is 2.23. The molecule has 0 spiro atoms. The summed E-state index contributed by atoms with van der Waals surface area (Å²) in [6, 6.07) is 21.0. The van der Waals surface area contributed by atoms with Gasteiger partial charge in [-0.3, -0.25) is 0 Å². The van der Waals surface area contributed by atoms with Gasteiger partial charge in [-0.1, -0.05) is 74.0 Å². The van der Waals surface area contributed by atoms with E-state index in [1.165, 1.54) is 29.7 Å². The zero-order valence-corrected chi connectivity index (χ0v) is 17.1. The summed E-state index contributed by atoms with van der Waals surface area (Å²) in [7, 11) is -2.12. The first-order valence-corrected chi connectivity index (χ1v) is 12.9. The lowest BCUT2D eigenvalue weighted by atomic mass is 10.2. The van der Waals surface area contributed by atoms with Crippen molar-refractivity contribution in [3.8, 4) is 0 Å². The van der Waals surface area contributed by atoms with Crippen LogP contribution >= 0.6 is 18.9 Å². The van der Waals surface area contributed by atoms with Gasteiger partial charge in [0.15, 0.2) is 0 Å². The van der Waals surface area contributed by atoms with Crippen LogP contribution in [0.25, 0.3) is 0 Å². The molecule has 0 radical (unpaired) electrons. The molecule has 0 bridgehead atoms. The molecule has 0 amide bonds. The number of aryl methyl sites for hydroxylation is 2. The van der Waals surface area contributed by atoms with E-state index in [9.17, 15) is 4.57 Å². The summed E-state index contributed by atoms with van der Waals surface area (Å²) in [4.78, 5) is 0. The Bertz CT molecular complexity index is 579. The molecule has 0 heterocycles. The number of hydrogen-bond donors (Lipinski definition) is 0. The lowest BCUT2D eigenvalue weighted by molar-refractivity contribution is 0.574. The van der Waals surface area contributed by atoms with Crippen molar-refractivity contribution in [1.82, 2.24) is 0 Å². The van der Waals surface area contributed by atoms with Gasteiger partial charge >= 0.3 is 0 Å². The van der Waals surface area contributed by atoms with Crippen LogP contribution in [0.15, 0.2) is 60.7 Å². The average Bonchev–Trinajstić information content (AvgIpc) is 2.67. The van der Waals surface area contributed by atoms with E-state index in [-0.39, 0.29) is 0 Å². The summed E-state index contributed by atoms with van der Waals surface area (Å²) in [6.07, 6.45) is 6.96. The third kappa shape index (κ3) is 8.29. The number of hydrogen-bond acceptors (Lipinski definition) is 2. The van der Waals surface area contributed by atoms with Crippen LogP contribution in [0.1, 0.15) is 30.9 Å². The highest BCUT2D eigenvalue weighted by Gasteiger charge is 2.21. The summed E-state index contributed by atoms with van der Waals surface area (Å²) < 4.78 is 13.6. The smallest absolute Gasteiger partial charge is 0.0892 e. The van der Waals surface area contributed by atoms with Gasteiger partial charge in [0, 0.05) is 24.2 Å². The third-order valence-corrected chi connectivity index (χ3v) is 9.08. The lowest BCUT2D eigenvalue weighted by Crippen LogP contribution is -2.07. The van der Waals surface area contributed by atoms with E-state index in [4.69, 9.17) is 0 Å². The van der Waals surface area contributed by atoms with Gasteiger partial charge in [-0.05, 0) is 36.1 Å². The fourth-order valence-electron chi connectivity index (χ4n) is 2.87. The highest BCUT2D eigenvalue weighted by atomic mass is 32.2. The summed E-state index contributed by atoms with van der Waals surface area (Å²) in [5.41, 5.74) is 2.61. The van der Waals surface area contributed by atoms with E-state index < -0.39 is 7.14 Å². The normalized spacial score (nSPS) is 11.6. The molecule has 0 aliphatic carbocycles. The first kappa shape index (κ1) is 20.3. The van der Waals surface area contributed by atoms with E-state index in [2.05, 4.69) is 55.5 Å². The SMILES string of the molecule is CCCCSCCP(=O)(CCc1ccccc1)CCc1ccccc1. The summed E-state index contributed by atoms with van der Waals surface area (Å²) >= 11 is 1.98.